The number of aromatic nitrogens is 2. The minimum absolute atomic E-state index is 0.221. The molecular weight excluding hydrogens is 461 g/mol. The van der Waals surface area contributed by atoms with Gasteiger partial charge in [0.15, 0.2) is 5.82 Å². The summed E-state index contributed by atoms with van der Waals surface area (Å²) in [5.41, 5.74) is 2.23. The summed E-state index contributed by atoms with van der Waals surface area (Å²) < 4.78 is 12.9. The highest BCUT2D eigenvalue weighted by Crippen LogP contribution is 2.25. The first-order valence-corrected chi connectivity index (χ1v) is 10.9. The van der Waals surface area contributed by atoms with Crippen molar-refractivity contribution in [2.75, 3.05) is 12.4 Å². The van der Waals surface area contributed by atoms with Crippen molar-refractivity contribution in [1.82, 2.24) is 9.78 Å². The number of carbonyl (C=O) groups excluding carboxylic acids is 1. The fourth-order valence-corrected chi connectivity index (χ4v) is 3.56. The van der Waals surface area contributed by atoms with Crippen LogP contribution in [-0.2, 0) is 13.2 Å². The van der Waals surface area contributed by atoms with Crippen LogP contribution in [0.1, 0.15) is 21.5 Å². The number of hydrogen-bond donors (Lipinski definition) is 1. The van der Waals surface area contributed by atoms with Crippen LogP contribution in [0, 0.1) is 0 Å². The van der Waals surface area contributed by atoms with Crippen molar-refractivity contribution in [1.29, 1.82) is 0 Å². The number of rotatable bonds is 8. The Morgan fingerprint density at radius 2 is 1.79 bits per heavy atom. The molecule has 3 aromatic carbocycles. The number of methoxy groups -OCH3 is 1. The first kappa shape index (κ1) is 22.7. The molecule has 4 rings (SSSR count). The highest BCUT2D eigenvalue weighted by Gasteiger charge is 2.15. The average Bonchev–Trinajstić information content (AvgIpc) is 3.17. The van der Waals surface area contributed by atoms with E-state index in [0.717, 1.165) is 11.1 Å². The molecule has 0 aliphatic carbocycles. The zero-order chi connectivity index (χ0) is 23.2. The first-order valence-electron chi connectivity index (χ1n) is 10.2. The Labute approximate surface area is 201 Å². The Morgan fingerprint density at radius 3 is 2.52 bits per heavy atom. The summed E-state index contributed by atoms with van der Waals surface area (Å²) in [6.45, 7) is 0.767. The summed E-state index contributed by atoms with van der Waals surface area (Å²) >= 11 is 12.2. The van der Waals surface area contributed by atoms with Crippen molar-refractivity contribution in [2.45, 2.75) is 13.2 Å². The van der Waals surface area contributed by atoms with Gasteiger partial charge >= 0.3 is 0 Å². The number of nitrogens with zero attached hydrogens (tertiary/aromatic N) is 2. The lowest BCUT2D eigenvalue weighted by Gasteiger charge is -2.12. The SMILES string of the molecule is COc1ccc(C(=O)Nc2nn(Cc3ccccc3)cc2Cl)cc1COc1ccc(Cl)cc1. The Balaban J connectivity index is 1.46. The normalized spacial score (nSPS) is 10.6. The second kappa shape index (κ2) is 10.4. The van der Waals surface area contributed by atoms with Gasteiger partial charge in [0.05, 0.1) is 13.7 Å². The predicted molar refractivity (Wildman–Crippen MR) is 130 cm³/mol. The fraction of sp³-hybridized carbons (Fsp3) is 0.120. The van der Waals surface area contributed by atoms with Crippen molar-refractivity contribution in [2.24, 2.45) is 0 Å². The second-order valence-electron chi connectivity index (χ2n) is 7.23. The number of halogens is 2. The minimum Gasteiger partial charge on any atom is -0.496 e. The molecule has 0 aliphatic heterocycles. The van der Waals surface area contributed by atoms with E-state index in [9.17, 15) is 4.79 Å². The number of anilines is 1. The fourth-order valence-electron chi connectivity index (χ4n) is 3.24. The summed E-state index contributed by atoms with van der Waals surface area (Å²) in [5, 5.41) is 8.17. The molecule has 1 aromatic heterocycles. The Kier molecular flexibility index (Phi) is 7.17. The number of nitrogens with one attached hydrogen (secondary N) is 1. The maximum atomic E-state index is 12.9. The van der Waals surface area contributed by atoms with Crippen LogP contribution in [0.3, 0.4) is 0 Å². The zero-order valence-corrected chi connectivity index (χ0v) is 19.3. The van der Waals surface area contributed by atoms with E-state index in [0.29, 0.717) is 39.5 Å². The molecule has 0 unspecified atom stereocenters. The van der Waals surface area contributed by atoms with E-state index < -0.39 is 0 Å². The Morgan fingerprint density at radius 1 is 1.03 bits per heavy atom. The molecule has 0 bridgehead atoms. The molecule has 0 radical (unpaired) electrons. The van der Waals surface area contributed by atoms with Crippen molar-refractivity contribution < 1.29 is 14.3 Å². The van der Waals surface area contributed by atoms with E-state index in [4.69, 9.17) is 32.7 Å². The minimum atomic E-state index is -0.336. The molecule has 6 nitrogen and oxygen atoms in total. The van der Waals surface area contributed by atoms with Crippen LogP contribution >= 0.6 is 23.2 Å². The maximum Gasteiger partial charge on any atom is 0.256 e. The Hall–Kier alpha value is -3.48. The van der Waals surface area contributed by atoms with Gasteiger partial charge in [0.2, 0.25) is 0 Å². The molecule has 168 valence electrons. The molecule has 1 amide bonds. The molecule has 1 N–H and O–H groups in total. The Bertz CT molecular complexity index is 1240. The number of carbonyl (C=O) groups is 1. The van der Waals surface area contributed by atoms with Crippen LogP contribution < -0.4 is 14.8 Å². The molecule has 33 heavy (non-hydrogen) atoms. The lowest BCUT2D eigenvalue weighted by atomic mass is 10.1. The van der Waals surface area contributed by atoms with Gasteiger partial charge in [-0.25, -0.2) is 0 Å². The third kappa shape index (κ3) is 5.86. The van der Waals surface area contributed by atoms with Gasteiger partial charge in [-0.1, -0.05) is 53.5 Å². The molecule has 4 aromatic rings. The smallest absolute Gasteiger partial charge is 0.256 e. The molecule has 0 fully saturated rings. The highest BCUT2D eigenvalue weighted by atomic mass is 35.5. The van der Waals surface area contributed by atoms with Crippen LogP contribution in [0.25, 0.3) is 0 Å². The quantitative estimate of drug-likeness (QED) is 0.331. The van der Waals surface area contributed by atoms with Crippen molar-refractivity contribution in [3.05, 3.63) is 106 Å². The van der Waals surface area contributed by atoms with Gasteiger partial charge in [0.25, 0.3) is 5.91 Å². The molecule has 8 heteroatoms. The molecule has 0 saturated carbocycles. The lowest BCUT2D eigenvalue weighted by Crippen LogP contribution is -2.14. The summed E-state index contributed by atoms with van der Waals surface area (Å²) in [7, 11) is 1.57. The maximum absolute atomic E-state index is 12.9. The van der Waals surface area contributed by atoms with Crippen LogP contribution in [0.5, 0.6) is 11.5 Å². The van der Waals surface area contributed by atoms with Crippen molar-refractivity contribution >= 4 is 34.9 Å². The van der Waals surface area contributed by atoms with Gasteiger partial charge in [0.1, 0.15) is 23.1 Å². The van der Waals surface area contributed by atoms with E-state index in [1.54, 1.807) is 60.5 Å². The third-order valence-electron chi connectivity index (χ3n) is 4.89. The molecular formula is C25H21Cl2N3O3. The number of hydrogen-bond acceptors (Lipinski definition) is 4. The van der Waals surface area contributed by atoms with Gasteiger partial charge in [-0.05, 0) is 48.0 Å². The van der Waals surface area contributed by atoms with E-state index in [-0.39, 0.29) is 12.5 Å². The van der Waals surface area contributed by atoms with Gasteiger partial charge < -0.3 is 14.8 Å². The number of ether oxygens (including phenoxy) is 2. The second-order valence-corrected chi connectivity index (χ2v) is 8.08. The first-order chi connectivity index (χ1) is 16.0. The van der Waals surface area contributed by atoms with E-state index in [1.807, 2.05) is 30.3 Å². The van der Waals surface area contributed by atoms with E-state index >= 15 is 0 Å². The van der Waals surface area contributed by atoms with Gasteiger partial charge in [-0.15, -0.1) is 0 Å². The van der Waals surface area contributed by atoms with Crippen molar-refractivity contribution in [3.63, 3.8) is 0 Å². The van der Waals surface area contributed by atoms with Gasteiger partial charge in [-0.3, -0.25) is 9.48 Å². The van der Waals surface area contributed by atoms with E-state index in [1.165, 1.54) is 0 Å². The number of benzene rings is 3. The third-order valence-corrected chi connectivity index (χ3v) is 5.42. The highest BCUT2D eigenvalue weighted by molar-refractivity contribution is 6.33. The van der Waals surface area contributed by atoms with Gasteiger partial charge in [0, 0.05) is 22.3 Å². The summed E-state index contributed by atoms with van der Waals surface area (Å²) in [6, 6.07) is 22.0. The summed E-state index contributed by atoms with van der Waals surface area (Å²) in [4.78, 5) is 12.9. The summed E-state index contributed by atoms with van der Waals surface area (Å²) in [5.74, 6) is 1.24. The number of amides is 1. The molecule has 0 saturated heterocycles. The predicted octanol–water partition coefficient (Wildman–Crippen LogP) is 6.08. The molecule has 0 aliphatic rings. The topological polar surface area (TPSA) is 65.4 Å². The molecule has 0 atom stereocenters. The van der Waals surface area contributed by atoms with Crippen LogP contribution in [0.2, 0.25) is 10.0 Å². The lowest BCUT2D eigenvalue weighted by molar-refractivity contribution is 0.102. The standard InChI is InChI=1S/C25H21Cl2N3O3/c1-32-23-12-7-18(13-19(23)16-33-21-10-8-20(26)9-11-21)25(31)28-24-22(27)15-30(29-24)14-17-5-3-2-4-6-17/h2-13,15H,14,16H2,1H3,(H,28,29,31). The van der Waals surface area contributed by atoms with Crippen molar-refractivity contribution in [3.8, 4) is 11.5 Å². The largest absolute Gasteiger partial charge is 0.496 e. The van der Waals surface area contributed by atoms with Crippen LogP contribution in [0.4, 0.5) is 5.82 Å². The van der Waals surface area contributed by atoms with Crippen LogP contribution in [-0.4, -0.2) is 22.8 Å². The summed E-state index contributed by atoms with van der Waals surface area (Å²) in [6.07, 6.45) is 1.68. The average molecular weight is 482 g/mol. The molecule has 1 heterocycles. The zero-order valence-electron chi connectivity index (χ0n) is 17.8. The van der Waals surface area contributed by atoms with Crippen LogP contribution in [0.15, 0.2) is 79.0 Å². The monoisotopic (exact) mass is 481 g/mol. The molecule has 0 spiro atoms. The van der Waals surface area contributed by atoms with Gasteiger partial charge in [-0.2, -0.15) is 5.10 Å². The van der Waals surface area contributed by atoms with E-state index in [2.05, 4.69) is 10.4 Å².